The van der Waals surface area contributed by atoms with Gasteiger partial charge in [-0.3, -0.25) is 4.90 Å². The lowest BCUT2D eigenvalue weighted by molar-refractivity contribution is -0.139. The van der Waals surface area contributed by atoms with Crippen LogP contribution < -0.4 is 4.90 Å². The van der Waals surface area contributed by atoms with Crippen LogP contribution in [0, 0.1) is 12.7 Å². The maximum Gasteiger partial charge on any atom is 0.419 e. The number of piperazine rings is 1. The highest BCUT2D eigenvalue weighted by molar-refractivity contribution is 5.54. The molecule has 2 fully saturated rings. The smallest absolute Gasteiger partial charge is 0.367 e. The molecule has 2 aliphatic rings. The van der Waals surface area contributed by atoms with Crippen molar-refractivity contribution in [2.75, 3.05) is 31.1 Å². The van der Waals surface area contributed by atoms with Crippen molar-refractivity contribution in [1.29, 1.82) is 0 Å². The first kappa shape index (κ1) is 14.6. The van der Waals surface area contributed by atoms with Crippen molar-refractivity contribution in [3.05, 3.63) is 29.1 Å². The van der Waals surface area contributed by atoms with Crippen LogP contribution in [0.3, 0.4) is 0 Å². The van der Waals surface area contributed by atoms with Gasteiger partial charge in [0.25, 0.3) is 0 Å². The molecule has 1 aliphatic heterocycles. The molecular formula is C15H18F4N2. The maximum atomic E-state index is 14.2. The summed E-state index contributed by atoms with van der Waals surface area (Å²) in [6.07, 6.45) is -2.24. The molecule has 3 rings (SSSR count). The molecule has 116 valence electrons. The Balaban J connectivity index is 1.83. The van der Waals surface area contributed by atoms with Crippen molar-refractivity contribution in [2.45, 2.75) is 32.0 Å². The van der Waals surface area contributed by atoms with Crippen LogP contribution in [-0.2, 0) is 6.18 Å². The molecule has 21 heavy (non-hydrogen) atoms. The number of alkyl halides is 3. The zero-order chi connectivity index (χ0) is 15.2. The van der Waals surface area contributed by atoms with Gasteiger partial charge in [-0.05, 0) is 37.5 Å². The van der Waals surface area contributed by atoms with E-state index in [9.17, 15) is 17.6 Å². The fourth-order valence-electron chi connectivity index (χ4n) is 2.95. The van der Waals surface area contributed by atoms with E-state index in [4.69, 9.17) is 0 Å². The standard InChI is InChI=1S/C15H18F4N2/c1-10-8-12(15(17,18)19)14(16)13(9-10)21-6-4-20(5-7-21)11-2-3-11/h8-9,11H,2-7H2,1H3. The lowest BCUT2D eigenvalue weighted by Crippen LogP contribution is -2.47. The average molecular weight is 302 g/mol. The first-order valence-corrected chi connectivity index (χ1v) is 7.22. The largest absolute Gasteiger partial charge is 0.419 e. The predicted molar refractivity (Wildman–Crippen MR) is 72.9 cm³/mol. The van der Waals surface area contributed by atoms with Crippen LogP contribution in [0.4, 0.5) is 23.2 Å². The summed E-state index contributed by atoms with van der Waals surface area (Å²) in [5, 5.41) is 0. The highest BCUT2D eigenvalue weighted by Crippen LogP contribution is 2.37. The van der Waals surface area contributed by atoms with E-state index in [1.54, 1.807) is 11.8 Å². The number of nitrogens with zero attached hydrogens (tertiary/aromatic N) is 2. The van der Waals surface area contributed by atoms with E-state index >= 15 is 0 Å². The lowest BCUT2D eigenvalue weighted by Gasteiger charge is -2.36. The minimum absolute atomic E-state index is 0.0813. The molecule has 0 aromatic heterocycles. The molecule has 0 bridgehead atoms. The van der Waals surface area contributed by atoms with Gasteiger partial charge in [0, 0.05) is 32.2 Å². The van der Waals surface area contributed by atoms with Gasteiger partial charge in [-0.1, -0.05) is 0 Å². The fourth-order valence-corrected chi connectivity index (χ4v) is 2.95. The van der Waals surface area contributed by atoms with Crippen molar-refractivity contribution >= 4 is 5.69 Å². The third-order valence-electron chi connectivity index (χ3n) is 4.22. The van der Waals surface area contributed by atoms with Crippen molar-refractivity contribution in [2.24, 2.45) is 0 Å². The topological polar surface area (TPSA) is 6.48 Å². The Hall–Kier alpha value is -1.30. The Morgan fingerprint density at radius 3 is 2.19 bits per heavy atom. The Bertz CT molecular complexity index is 529. The Morgan fingerprint density at radius 2 is 1.67 bits per heavy atom. The van der Waals surface area contributed by atoms with Crippen molar-refractivity contribution < 1.29 is 17.6 Å². The van der Waals surface area contributed by atoms with Crippen LogP contribution in [-0.4, -0.2) is 37.1 Å². The summed E-state index contributed by atoms with van der Waals surface area (Å²) < 4.78 is 52.9. The minimum atomic E-state index is -4.65. The van der Waals surface area contributed by atoms with Crippen LogP contribution in [0.2, 0.25) is 0 Å². The monoisotopic (exact) mass is 302 g/mol. The van der Waals surface area contributed by atoms with Gasteiger partial charge in [-0.25, -0.2) is 4.39 Å². The SMILES string of the molecule is Cc1cc(N2CCN(C3CC3)CC2)c(F)c(C(F)(F)F)c1. The van der Waals surface area contributed by atoms with Gasteiger partial charge in [0.05, 0.1) is 11.3 Å². The second kappa shape index (κ2) is 5.16. The number of benzene rings is 1. The Morgan fingerprint density at radius 1 is 1.05 bits per heavy atom. The van der Waals surface area contributed by atoms with E-state index in [1.165, 1.54) is 18.9 Å². The van der Waals surface area contributed by atoms with E-state index in [-0.39, 0.29) is 5.69 Å². The van der Waals surface area contributed by atoms with E-state index in [1.807, 2.05) is 0 Å². The quantitative estimate of drug-likeness (QED) is 0.772. The normalized spacial score (nSPS) is 20.9. The number of anilines is 1. The molecular weight excluding hydrogens is 284 g/mol. The molecule has 0 radical (unpaired) electrons. The number of rotatable bonds is 2. The average Bonchev–Trinajstić information content (AvgIpc) is 3.24. The number of hydrogen-bond donors (Lipinski definition) is 0. The summed E-state index contributed by atoms with van der Waals surface area (Å²) in [4.78, 5) is 4.07. The fraction of sp³-hybridized carbons (Fsp3) is 0.600. The van der Waals surface area contributed by atoms with Gasteiger partial charge < -0.3 is 4.90 Å². The minimum Gasteiger partial charge on any atom is -0.367 e. The van der Waals surface area contributed by atoms with Gasteiger partial charge in [-0.2, -0.15) is 13.2 Å². The Labute approximate surface area is 121 Å². The number of aryl methyl sites for hydroxylation is 1. The molecule has 1 heterocycles. The Kier molecular flexibility index (Phi) is 3.59. The van der Waals surface area contributed by atoms with Gasteiger partial charge in [0.1, 0.15) is 0 Å². The third kappa shape index (κ3) is 3.00. The van der Waals surface area contributed by atoms with Crippen molar-refractivity contribution in [3.8, 4) is 0 Å². The van der Waals surface area contributed by atoms with E-state index in [2.05, 4.69) is 4.90 Å². The van der Waals surface area contributed by atoms with Crippen molar-refractivity contribution in [1.82, 2.24) is 4.90 Å². The molecule has 0 N–H and O–H groups in total. The second-order valence-corrected chi connectivity index (χ2v) is 5.90. The van der Waals surface area contributed by atoms with Crippen LogP contribution in [0.1, 0.15) is 24.0 Å². The van der Waals surface area contributed by atoms with E-state index in [0.29, 0.717) is 24.7 Å². The molecule has 1 aromatic rings. The highest BCUT2D eigenvalue weighted by atomic mass is 19.4. The number of halogens is 4. The summed E-state index contributed by atoms with van der Waals surface area (Å²) in [5.74, 6) is -1.15. The summed E-state index contributed by atoms with van der Waals surface area (Å²) in [6, 6.07) is 3.02. The number of hydrogen-bond acceptors (Lipinski definition) is 2. The van der Waals surface area contributed by atoms with Crippen LogP contribution in [0.15, 0.2) is 12.1 Å². The molecule has 6 heteroatoms. The highest BCUT2D eigenvalue weighted by Gasteiger charge is 2.37. The summed E-state index contributed by atoms with van der Waals surface area (Å²) in [7, 11) is 0. The zero-order valence-electron chi connectivity index (χ0n) is 11.9. The second-order valence-electron chi connectivity index (χ2n) is 5.90. The lowest BCUT2D eigenvalue weighted by atomic mass is 10.1. The van der Waals surface area contributed by atoms with E-state index in [0.717, 1.165) is 19.2 Å². The molecule has 0 amide bonds. The van der Waals surface area contributed by atoms with E-state index < -0.39 is 17.6 Å². The van der Waals surface area contributed by atoms with Gasteiger partial charge in [0.2, 0.25) is 0 Å². The molecule has 1 saturated carbocycles. The molecule has 2 nitrogen and oxygen atoms in total. The predicted octanol–water partition coefficient (Wildman–Crippen LogP) is 3.44. The molecule has 0 spiro atoms. The van der Waals surface area contributed by atoms with Gasteiger partial charge >= 0.3 is 6.18 Å². The van der Waals surface area contributed by atoms with Gasteiger partial charge in [-0.15, -0.1) is 0 Å². The maximum absolute atomic E-state index is 14.2. The van der Waals surface area contributed by atoms with Gasteiger partial charge in [0.15, 0.2) is 5.82 Å². The summed E-state index contributed by atoms with van der Waals surface area (Å²) in [5.41, 5.74) is -0.650. The first-order chi connectivity index (χ1) is 9.86. The third-order valence-corrected chi connectivity index (χ3v) is 4.22. The van der Waals surface area contributed by atoms with Crippen LogP contribution >= 0.6 is 0 Å². The zero-order valence-corrected chi connectivity index (χ0v) is 11.9. The summed E-state index contributed by atoms with van der Waals surface area (Å²) >= 11 is 0. The molecule has 0 atom stereocenters. The van der Waals surface area contributed by atoms with Crippen LogP contribution in [0.5, 0.6) is 0 Å². The summed E-state index contributed by atoms with van der Waals surface area (Å²) in [6.45, 7) is 4.31. The molecule has 1 saturated heterocycles. The molecule has 1 aliphatic carbocycles. The molecule has 1 aromatic carbocycles. The van der Waals surface area contributed by atoms with Crippen molar-refractivity contribution in [3.63, 3.8) is 0 Å². The van der Waals surface area contributed by atoms with Crippen LogP contribution in [0.25, 0.3) is 0 Å². The molecule has 0 unspecified atom stereocenters. The first-order valence-electron chi connectivity index (χ1n) is 7.22.